The van der Waals surface area contributed by atoms with Crippen LogP contribution in [0.5, 0.6) is 0 Å². The monoisotopic (exact) mass is 270 g/mol. The molecule has 0 fully saturated rings. The van der Waals surface area contributed by atoms with Gasteiger partial charge in [0.1, 0.15) is 17.5 Å². The Bertz CT molecular complexity index is 607. The first-order chi connectivity index (χ1) is 9.51. The highest BCUT2D eigenvalue weighted by Crippen LogP contribution is 2.22. The van der Waals surface area contributed by atoms with Crippen LogP contribution in [0.4, 0.5) is 11.6 Å². The standard InChI is InChI=1S/C16H22N4/c1-5-14-18-15(17)12(3)16(19-14)20(4)10-13-8-6-7-11(2)9-13/h6-9H,5,10H2,1-4H3,(H2,17,18,19). The van der Waals surface area contributed by atoms with E-state index in [2.05, 4.69) is 46.1 Å². The number of aryl methyl sites for hydroxylation is 2. The number of hydrogen-bond acceptors (Lipinski definition) is 4. The smallest absolute Gasteiger partial charge is 0.137 e. The van der Waals surface area contributed by atoms with Gasteiger partial charge in [-0.15, -0.1) is 0 Å². The number of rotatable bonds is 4. The topological polar surface area (TPSA) is 55.0 Å². The van der Waals surface area contributed by atoms with Crippen molar-refractivity contribution >= 4 is 11.6 Å². The minimum absolute atomic E-state index is 0.572. The lowest BCUT2D eigenvalue weighted by molar-refractivity contribution is 0.852. The van der Waals surface area contributed by atoms with E-state index in [1.807, 2.05) is 20.9 Å². The molecular formula is C16H22N4. The molecule has 0 saturated heterocycles. The summed E-state index contributed by atoms with van der Waals surface area (Å²) < 4.78 is 0. The Balaban J connectivity index is 2.29. The SMILES string of the molecule is CCc1nc(N)c(C)c(N(C)Cc2cccc(C)c2)n1. The Labute approximate surface area is 120 Å². The van der Waals surface area contributed by atoms with Gasteiger partial charge in [0.2, 0.25) is 0 Å². The minimum Gasteiger partial charge on any atom is -0.383 e. The van der Waals surface area contributed by atoms with Gasteiger partial charge in [0.15, 0.2) is 0 Å². The summed E-state index contributed by atoms with van der Waals surface area (Å²) in [5.41, 5.74) is 9.45. The van der Waals surface area contributed by atoms with Crippen molar-refractivity contribution in [1.82, 2.24) is 9.97 Å². The number of anilines is 2. The van der Waals surface area contributed by atoms with Crippen LogP contribution in [0.3, 0.4) is 0 Å². The lowest BCUT2D eigenvalue weighted by Gasteiger charge is -2.21. The highest BCUT2D eigenvalue weighted by atomic mass is 15.2. The molecule has 0 aliphatic carbocycles. The van der Waals surface area contributed by atoms with Gasteiger partial charge in [-0.3, -0.25) is 0 Å². The molecule has 106 valence electrons. The van der Waals surface area contributed by atoms with Crippen LogP contribution in [0.2, 0.25) is 0 Å². The average molecular weight is 270 g/mol. The summed E-state index contributed by atoms with van der Waals surface area (Å²) >= 11 is 0. The van der Waals surface area contributed by atoms with Crippen LogP contribution in [-0.4, -0.2) is 17.0 Å². The molecule has 0 radical (unpaired) electrons. The first-order valence-corrected chi connectivity index (χ1v) is 6.91. The Kier molecular flexibility index (Phi) is 4.23. The Hall–Kier alpha value is -2.10. The van der Waals surface area contributed by atoms with Crippen LogP contribution >= 0.6 is 0 Å². The minimum atomic E-state index is 0.572. The van der Waals surface area contributed by atoms with Crippen molar-refractivity contribution in [2.24, 2.45) is 0 Å². The summed E-state index contributed by atoms with van der Waals surface area (Å²) in [6.07, 6.45) is 0.787. The molecule has 0 aliphatic heterocycles. The van der Waals surface area contributed by atoms with Gasteiger partial charge in [-0.05, 0) is 19.4 Å². The molecule has 2 rings (SSSR count). The van der Waals surface area contributed by atoms with Crippen molar-refractivity contribution in [2.75, 3.05) is 17.7 Å². The third-order valence-electron chi connectivity index (χ3n) is 3.38. The van der Waals surface area contributed by atoms with E-state index in [4.69, 9.17) is 5.73 Å². The quantitative estimate of drug-likeness (QED) is 0.928. The maximum Gasteiger partial charge on any atom is 0.137 e. The fraction of sp³-hybridized carbons (Fsp3) is 0.375. The van der Waals surface area contributed by atoms with Crippen molar-refractivity contribution in [1.29, 1.82) is 0 Å². The van der Waals surface area contributed by atoms with Gasteiger partial charge in [0.25, 0.3) is 0 Å². The number of nitrogens with zero attached hydrogens (tertiary/aromatic N) is 3. The highest BCUT2D eigenvalue weighted by molar-refractivity contribution is 5.56. The van der Waals surface area contributed by atoms with Gasteiger partial charge >= 0.3 is 0 Å². The molecule has 0 bridgehead atoms. The summed E-state index contributed by atoms with van der Waals surface area (Å²) in [6, 6.07) is 8.50. The van der Waals surface area contributed by atoms with Gasteiger partial charge in [0.05, 0.1) is 0 Å². The lowest BCUT2D eigenvalue weighted by Crippen LogP contribution is -2.20. The second-order valence-electron chi connectivity index (χ2n) is 5.17. The maximum absolute atomic E-state index is 5.97. The largest absolute Gasteiger partial charge is 0.383 e. The molecule has 0 aliphatic rings. The van der Waals surface area contributed by atoms with Crippen LogP contribution in [-0.2, 0) is 13.0 Å². The lowest BCUT2D eigenvalue weighted by atomic mass is 10.1. The number of benzene rings is 1. The maximum atomic E-state index is 5.97. The first-order valence-electron chi connectivity index (χ1n) is 6.91. The summed E-state index contributed by atoms with van der Waals surface area (Å²) in [5, 5.41) is 0. The fourth-order valence-corrected chi connectivity index (χ4v) is 2.26. The molecule has 0 atom stereocenters. The molecule has 0 spiro atoms. The number of hydrogen-bond donors (Lipinski definition) is 1. The normalized spacial score (nSPS) is 10.6. The summed E-state index contributed by atoms with van der Waals surface area (Å²) in [5.74, 6) is 2.28. The Morgan fingerprint density at radius 2 is 1.95 bits per heavy atom. The molecule has 1 aromatic carbocycles. The second-order valence-corrected chi connectivity index (χ2v) is 5.17. The molecule has 1 heterocycles. The van der Waals surface area contributed by atoms with E-state index in [9.17, 15) is 0 Å². The van der Waals surface area contributed by atoms with E-state index in [-0.39, 0.29) is 0 Å². The molecule has 2 N–H and O–H groups in total. The molecule has 0 amide bonds. The van der Waals surface area contributed by atoms with Crippen LogP contribution in [0.1, 0.15) is 29.4 Å². The second kappa shape index (κ2) is 5.90. The van der Waals surface area contributed by atoms with Crippen LogP contribution in [0.15, 0.2) is 24.3 Å². The zero-order valence-electron chi connectivity index (χ0n) is 12.6. The van der Waals surface area contributed by atoms with E-state index in [0.29, 0.717) is 5.82 Å². The molecule has 20 heavy (non-hydrogen) atoms. The van der Waals surface area contributed by atoms with Gasteiger partial charge in [-0.1, -0.05) is 36.8 Å². The number of nitrogen functional groups attached to an aromatic ring is 1. The van der Waals surface area contributed by atoms with E-state index >= 15 is 0 Å². The molecule has 4 nitrogen and oxygen atoms in total. The molecule has 4 heteroatoms. The van der Waals surface area contributed by atoms with Crippen molar-refractivity contribution < 1.29 is 0 Å². The van der Waals surface area contributed by atoms with Crippen LogP contribution in [0.25, 0.3) is 0 Å². The summed E-state index contributed by atoms with van der Waals surface area (Å²) in [7, 11) is 2.04. The van der Waals surface area contributed by atoms with Crippen molar-refractivity contribution in [2.45, 2.75) is 33.7 Å². The van der Waals surface area contributed by atoms with Gasteiger partial charge < -0.3 is 10.6 Å². The van der Waals surface area contributed by atoms with E-state index in [0.717, 1.165) is 30.2 Å². The predicted octanol–water partition coefficient (Wildman–Crippen LogP) is 2.87. The molecule has 1 aromatic heterocycles. The fourth-order valence-electron chi connectivity index (χ4n) is 2.26. The van der Waals surface area contributed by atoms with Crippen LogP contribution < -0.4 is 10.6 Å². The van der Waals surface area contributed by atoms with E-state index in [1.54, 1.807) is 0 Å². The molecule has 2 aromatic rings. The summed E-state index contributed by atoms with van der Waals surface area (Å²) in [4.78, 5) is 11.0. The zero-order valence-corrected chi connectivity index (χ0v) is 12.6. The van der Waals surface area contributed by atoms with Crippen molar-refractivity contribution in [3.63, 3.8) is 0 Å². The zero-order chi connectivity index (χ0) is 14.7. The van der Waals surface area contributed by atoms with Crippen LogP contribution in [0, 0.1) is 13.8 Å². The first kappa shape index (κ1) is 14.3. The molecule has 0 saturated carbocycles. The Morgan fingerprint density at radius 1 is 1.20 bits per heavy atom. The predicted molar refractivity (Wildman–Crippen MR) is 83.8 cm³/mol. The number of aromatic nitrogens is 2. The van der Waals surface area contributed by atoms with Crippen molar-refractivity contribution in [3.05, 3.63) is 46.8 Å². The molecule has 0 unspecified atom stereocenters. The number of nitrogens with two attached hydrogens (primary N) is 1. The van der Waals surface area contributed by atoms with E-state index in [1.165, 1.54) is 11.1 Å². The van der Waals surface area contributed by atoms with E-state index < -0.39 is 0 Å². The highest BCUT2D eigenvalue weighted by Gasteiger charge is 2.12. The van der Waals surface area contributed by atoms with Gasteiger partial charge in [-0.25, -0.2) is 9.97 Å². The van der Waals surface area contributed by atoms with Gasteiger partial charge in [-0.2, -0.15) is 0 Å². The Morgan fingerprint density at radius 3 is 2.60 bits per heavy atom. The van der Waals surface area contributed by atoms with Gasteiger partial charge in [0, 0.05) is 25.6 Å². The van der Waals surface area contributed by atoms with Crippen molar-refractivity contribution in [3.8, 4) is 0 Å². The molecular weight excluding hydrogens is 248 g/mol. The summed E-state index contributed by atoms with van der Waals surface area (Å²) in [6.45, 7) is 6.92. The average Bonchev–Trinajstić information content (AvgIpc) is 2.41. The third-order valence-corrected chi connectivity index (χ3v) is 3.38. The third kappa shape index (κ3) is 3.07.